The molecule has 0 aliphatic carbocycles. The topological polar surface area (TPSA) is 53.0 Å². The summed E-state index contributed by atoms with van der Waals surface area (Å²) in [6.07, 6.45) is 2.23. The number of carbonyl (C=O) groups is 1. The monoisotopic (exact) mass is 230 g/mol. The van der Waals surface area contributed by atoms with Crippen LogP contribution in [0.3, 0.4) is 0 Å². The highest BCUT2D eigenvalue weighted by Gasteiger charge is 2.24. The largest absolute Gasteiger partial charge is 0.480 e. The molecule has 0 bridgehead atoms. The molecule has 1 heterocycles. The number of likely N-dealkylation sites (N-methyl/N-ethyl adjacent to an activating group) is 1. The highest BCUT2D eigenvalue weighted by molar-refractivity contribution is 5.69. The first-order chi connectivity index (χ1) is 7.63. The van der Waals surface area contributed by atoms with Crippen molar-refractivity contribution in [3.63, 3.8) is 0 Å². The highest BCUT2D eigenvalue weighted by atomic mass is 16.5. The Morgan fingerprint density at radius 2 is 2.38 bits per heavy atom. The average Bonchev–Trinajstić information content (AvgIpc) is 2.23. The molecule has 0 aromatic rings. The Bertz CT molecular complexity index is 223. The van der Waals surface area contributed by atoms with Crippen LogP contribution in [0.4, 0.5) is 0 Å². The lowest BCUT2D eigenvalue weighted by Gasteiger charge is -2.37. The summed E-state index contributed by atoms with van der Waals surface area (Å²) in [7, 11) is 3.73. The molecule has 16 heavy (non-hydrogen) atoms. The minimum Gasteiger partial charge on any atom is -0.480 e. The van der Waals surface area contributed by atoms with E-state index >= 15 is 0 Å². The van der Waals surface area contributed by atoms with Gasteiger partial charge in [0.15, 0.2) is 0 Å². The van der Waals surface area contributed by atoms with Crippen LogP contribution in [-0.4, -0.2) is 73.9 Å². The second-order valence-corrected chi connectivity index (χ2v) is 4.42. The van der Waals surface area contributed by atoms with Gasteiger partial charge in [-0.1, -0.05) is 0 Å². The van der Waals surface area contributed by atoms with Gasteiger partial charge in [-0.25, -0.2) is 0 Å². The molecule has 0 saturated carbocycles. The van der Waals surface area contributed by atoms with E-state index in [9.17, 15) is 4.79 Å². The average molecular weight is 230 g/mol. The summed E-state index contributed by atoms with van der Waals surface area (Å²) in [6, 6.07) is 0.352. The molecular formula is C11H22N2O3. The van der Waals surface area contributed by atoms with E-state index in [1.54, 1.807) is 7.11 Å². The zero-order valence-corrected chi connectivity index (χ0v) is 10.2. The van der Waals surface area contributed by atoms with Gasteiger partial charge in [0.05, 0.1) is 13.2 Å². The number of piperidine rings is 1. The fraction of sp³-hybridized carbons (Fsp3) is 0.909. The van der Waals surface area contributed by atoms with Gasteiger partial charge in [0.1, 0.15) is 0 Å². The highest BCUT2D eigenvalue weighted by Crippen LogP contribution is 2.14. The van der Waals surface area contributed by atoms with Crippen LogP contribution >= 0.6 is 0 Å². The van der Waals surface area contributed by atoms with E-state index in [1.807, 2.05) is 4.90 Å². The minimum absolute atomic E-state index is 0.113. The Kier molecular flexibility index (Phi) is 5.73. The first kappa shape index (κ1) is 13.4. The quantitative estimate of drug-likeness (QED) is 0.702. The fourth-order valence-electron chi connectivity index (χ4n) is 2.21. The van der Waals surface area contributed by atoms with E-state index in [1.165, 1.54) is 0 Å². The van der Waals surface area contributed by atoms with Crippen LogP contribution in [0.1, 0.15) is 12.8 Å². The van der Waals surface area contributed by atoms with E-state index < -0.39 is 5.97 Å². The molecular weight excluding hydrogens is 208 g/mol. The predicted octanol–water partition coefficient (Wildman–Crippen LogP) is 0.114. The molecule has 1 unspecified atom stereocenters. The van der Waals surface area contributed by atoms with E-state index in [-0.39, 0.29) is 6.54 Å². The molecule has 1 saturated heterocycles. The molecule has 0 aromatic carbocycles. The third-order valence-electron chi connectivity index (χ3n) is 3.04. The van der Waals surface area contributed by atoms with E-state index in [0.717, 1.165) is 25.9 Å². The van der Waals surface area contributed by atoms with Crippen molar-refractivity contribution in [1.82, 2.24) is 9.80 Å². The zero-order valence-electron chi connectivity index (χ0n) is 10.2. The number of nitrogens with zero attached hydrogens (tertiary/aromatic N) is 2. The summed E-state index contributed by atoms with van der Waals surface area (Å²) in [5.41, 5.74) is 0. The van der Waals surface area contributed by atoms with Crippen LogP contribution in [0.5, 0.6) is 0 Å². The summed E-state index contributed by atoms with van der Waals surface area (Å²) in [5.74, 6) is -0.760. The van der Waals surface area contributed by atoms with Crippen LogP contribution in [0.2, 0.25) is 0 Å². The van der Waals surface area contributed by atoms with E-state index in [2.05, 4.69) is 11.9 Å². The molecule has 1 aliphatic heterocycles. The molecule has 0 aromatic heterocycles. The molecule has 94 valence electrons. The maximum Gasteiger partial charge on any atom is 0.317 e. The van der Waals surface area contributed by atoms with E-state index in [0.29, 0.717) is 19.2 Å². The van der Waals surface area contributed by atoms with Gasteiger partial charge in [-0.05, 0) is 26.4 Å². The smallest absolute Gasteiger partial charge is 0.317 e. The molecule has 0 radical (unpaired) electrons. The normalized spacial score (nSPS) is 22.6. The summed E-state index contributed by atoms with van der Waals surface area (Å²) in [4.78, 5) is 15.1. The van der Waals surface area contributed by atoms with Gasteiger partial charge in [0, 0.05) is 26.2 Å². The second kappa shape index (κ2) is 6.83. The molecule has 5 heteroatoms. The lowest BCUT2D eigenvalue weighted by molar-refractivity contribution is -0.139. The summed E-state index contributed by atoms with van der Waals surface area (Å²) in [5, 5.41) is 8.88. The van der Waals surface area contributed by atoms with Crippen molar-refractivity contribution in [3.8, 4) is 0 Å². The molecule has 1 atom stereocenters. The third kappa shape index (κ3) is 4.47. The maximum atomic E-state index is 10.8. The van der Waals surface area contributed by atoms with Gasteiger partial charge in [-0.2, -0.15) is 0 Å². The number of likely N-dealkylation sites (tertiary alicyclic amines) is 1. The molecule has 1 N–H and O–H groups in total. The lowest BCUT2D eigenvalue weighted by Crippen LogP contribution is -2.49. The number of methoxy groups -OCH3 is 1. The van der Waals surface area contributed by atoms with Crippen LogP contribution in [0.25, 0.3) is 0 Å². The van der Waals surface area contributed by atoms with Crippen molar-refractivity contribution in [3.05, 3.63) is 0 Å². The Morgan fingerprint density at radius 3 is 2.94 bits per heavy atom. The van der Waals surface area contributed by atoms with E-state index in [4.69, 9.17) is 9.84 Å². The fourth-order valence-corrected chi connectivity index (χ4v) is 2.21. The van der Waals surface area contributed by atoms with Crippen molar-refractivity contribution in [1.29, 1.82) is 0 Å². The molecule has 0 spiro atoms. The third-order valence-corrected chi connectivity index (χ3v) is 3.04. The van der Waals surface area contributed by atoms with Gasteiger partial charge in [-0.15, -0.1) is 0 Å². The van der Waals surface area contributed by atoms with Gasteiger partial charge in [0.2, 0.25) is 0 Å². The maximum absolute atomic E-state index is 10.8. The van der Waals surface area contributed by atoms with Gasteiger partial charge >= 0.3 is 5.97 Å². The Hall–Kier alpha value is -0.650. The number of hydrogen-bond acceptors (Lipinski definition) is 4. The van der Waals surface area contributed by atoms with Crippen molar-refractivity contribution in [2.45, 2.75) is 18.9 Å². The van der Waals surface area contributed by atoms with Gasteiger partial charge in [-0.3, -0.25) is 9.69 Å². The molecule has 5 nitrogen and oxygen atoms in total. The first-order valence-electron chi connectivity index (χ1n) is 5.77. The number of carboxylic acids is 1. The summed E-state index contributed by atoms with van der Waals surface area (Å²) >= 11 is 0. The molecule has 0 amide bonds. The Balaban J connectivity index is 2.48. The Morgan fingerprint density at radius 1 is 1.62 bits per heavy atom. The van der Waals surface area contributed by atoms with Crippen LogP contribution in [0, 0.1) is 0 Å². The van der Waals surface area contributed by atoms with Crippen molar-refractivity contribution in [2.75, 3.05) is 46.9 Å². The molecule has 1 rings (SSSR count). The first-order valence-corrected chi connectivity index (χ1v) is 5.77. The van der Waals surface area contributed by atoms with Gasteiger partial charge in [0.25, 0.3) is 0 Å². The van der Waals surface area contributed by atoms with Gasteiger partial charge < -0.3 is 14.7 Å². The second-order valence-electron chi connectivity index (χ2n) is 4.42. The van der Waals surface area contributed by atoms with Crippen molar-refractivity contribution >= 4 is 5.97 Å². The predicted molar refractivity (Wildman–Crippen MR) is 61.6 cm³/mol. The molecule has 1 aliphatic rings. The summed E-state index contributed by atoms with van der Waals surface area (Å²) in [6.45, 7) is 3.47. The zero-order chi connectivity index (χ0) is 12.0. The molecule has 1 fully saturated rings. The summed E-state index contributed by atoms with van der Waals surface area (Å²) < 4.78 is 5.02. The van der Waals surface area contributed by atoms with Crippen molar-refractivity contribution in [2.24, 2.45) is 0 Å². The van der Waals surface area contributed by atoms with Crippen molar-refractivity contribution < 1.29 is 14.6 Å². The number of rotatable bonds is 6. The van der Waals surface area contributed by atoms with Crippen LogP contribution < -0.4 is 0 Å². The van der Waals surface area contributed by atoms with Crippen LogP contribution in [0.15, 0.2) is 0 Å². The van der Waals surface area contributed by atoms with Crippen LogP contribution in [-0.2, 0) is 9.53 Å². The minimum atomic E-state index is -0.760. The number of ether oxygens (including phenoxy) is 1. The number of aliphatic carboxylic acids is 1. The lowest BCUT2D eigenvalue weighted by atomic mass is 10.0. The standard InChI is InChI=1S/C11H22N2O3/c1-12-5-3-4-10(8-12)13(6-7-16-2)9-11(14)15/h10H,3-9H2,1-2H3,(H,14,15). The number of hydrogen-bond donors (Lipinski definition) is 1. The SMILES string of the molecule is COCCN(CC(=O)O)C1CCCN(C)C1. The number of carboxylic acid groups (broad SMARTS) is 1. The Labute approximate surface area is 97.0 Å².